The van der Waals surface area contributed by atoms with E-state index in [2.05, 4.69) is 32.4 Å². The van der Waals surface area contributed by atoms with Crippen LogP contribution in [0.25, 0.3) is 33.1 Å². The molecule has 0 atom stereocenters. The zero-order chi connectivity index (χ0) is 36.9. The van der Waals surface area contributed by atoms with Gasteiger partial charge in [-0.2, -0.15) is 23.1 Å². The number of hydrogen-bond donors (Lipinski definition) is 1. The Kier molecular flexibility index (Phi) is 9.46. The average molecular weight is 734 g/mol. The van der Waals surface area contributed by atoms with E-state index in [4.69, 9.17) is 24.2 Å². The van der Waals surface area contributed by atoms with Crippen molar-refractivity contribution in [1.29, 1.82) is 0 Å². The van der Waals surface area contributed by atoms with Gasteiger partial charge in [0, 0.05) is 74.9 Å². The number of imidazole rings is 1. The summed E-state index contributed by atoms with van der Waals surface area (Å²) in [5, 5.41) is 0.648. The maximum Gasteiger partial charge on any atom is 0.422 e. The van der Waals surface area contributed by atoms with Crippen LogP contribution >= 0.6 is 0 Å². The number of fused-ring (bicyclic) bond motifs is 2. The van der Waals surface area contributed by atoms with Crippen molar-refractivity contribution in [1.82, 2.24) is 29.7 Å². The van der Waals surface area contributed by atoms with Gasteiger partial charge in [-0.05, 0) is 80.7 Å². The molecular formula is C39H46F3N7O4. The van der Waals surface area contributed by atoms with Crippen molar-refractivity contribution >= 4 is 33.7 Å². The molecule has 0 radical (unpaired) electrons. The number of piperidine rings is 2. The normalized spacial score (nSPS) is 19.6. The molecule has 11 nitrogen and oxygen atoms in total. The second kappa shape index (κ2) is 14.1. The fraction of sp³-hybridized carbons (Fsp3) is 0.538. The number of anilines is 1. The van der Waals surface area contributed by atoms with Crippen LogP contribution in [0.5, 0.6) is 11.8 Å². The highest BCUT2D eigenvalue weighted by Gasteiger charge is 2.46. The van der Waals surface area contributed by atoms with E-state index in [1.807, 2.05) is 24.0 Å². The van der Waals surface area contributed by atoms with Crippen molar-refractivity contribution in [2.45, 2.75) is 63.6 Å². The molecule has 0 unspecified atom stereocenters. The third-order valence-electron chi connectivity index (χ3n) is 11.5. The van der Waals surface area contributed by atoms with Crippen LogP contribution in [0.4, 0.5) is 19.0 Å². The summed E-state index contributed by atoms with van der Waals surface area (Å²) < 4.78 is 59.9. The first-order valence-corrected chi connectivity index (χ1v) is 18.6. The van der Waals surface area contributed by atoms with Gasteiger partial charge in [-0.3, -0.25) is 4.79 Å². The Hall–Kier alpha value is -4.43. The molecular weight excluding hydrogens is 687 g/mol. The number of hydrogen-bond acceptors (Lipinski definition) is 9. The van der Waals surface area contributed by atoms with Crippen molar-refractivity contribution in [3.8, 4) is 22.9 Å². The molecule has 3 saturated heterocycles. The molecule has 1 spiro atoms. The summed E-state index contributed by atoms with van der Waals surface area (Å²) in [4.78, 5) is 36.4. The predicted octanol–water partition coefficient (Wildman–Crippen LogP) is 6.40. The van der Waals surface area contributed by atoms with E-state index in [0.717, 1.165) is 80.4 Å². The van der Waals surface area contributed by atoms with Crippen molar-refractivity contribution in [2.24, 2.45) is 5.41 Å². The highest BCUT2D eigenvalue weighted by atomic mass is 19.4. The molecule has 1 saturated carbocycles. The standard InChI is InChI=1S/C39H46F3N7O4/c1-4-30(50)49-20-38(21-49)11-15-48(16-12-38)36-28-19-27(25-6-7-25)32(31-24(2)5-8-29-34(31)44-23-43-29)35(52-22-39(40,41)42)33(28)45-37(46-36)53-26-9-13-47(14-10-26)17-18-51-3/h4-5,8,19,23,25-26H,1,6-7,9-18,20-22H2,2-3H3,(H,43,44). The number of nitrogens with one attached hydrogen (secondary N) is 1. The minimum absolute atomic E-state index is 0.0290. The molecule has 8 rings (SSSR count). The maximum atomic E-state index is 14.1. The zero-order valence-electron chi connectivity index (χ0n) is 30.3. The van der Waals surface area contributed by atoms with Gasteiger partial charge in [-0.1, -0.05) is 12.6 Å². The van der Waals surface area contributed by atoms with Gasteiger partial charge in [0.1, 0.15) is 17.4 Å². The van der Waals surface area contributed by atoms with Gasteiger partial charge >= 0.3 is 12.2 Å². The molecule has 1 aliphatic carbocycles. The third-order valence-corrected chi connectivity index (χ3v) is 11.5. The van der Waals surface area contributed by atoms with Crippen molar-refractivity contribution in [3.63, 3.8) is 0 Å². The fourth-order valence-electron chi connectivity index (χ4n) is 8.39. The van der Waals surface area contributed by atoms with E-state index in [9.17, 15) is 18.0 Å². The predicted molar refractivity (Wildman–Crippen MR) is 196 cm³/mol. The Morgan fingerprint density at radius 3 is 2.49 bits per heavy atom. The number of ether oxygens (including phenoxy) is 3. The average Bonchev–Trinajstić information content (AvgIpc) is 3.87. The lowest BCUT2D eigenvalue weighted by Crippen LogP contribution is -2.61. The van der Waals surface area contributed by atoms with Gasteiger partial charge in [0.15, 0.2) is 12.4 Å². The van der Waals surface area contributed by atoms with Crippen molar-refractivity contribution in [2.75, 3.05) is 71.0 Å². The van der Waals surface area contributed by atoms with Crippen LogP contribution in [0.3, 0.4) is 0 Å². The lowest BCUT2D eigenvalue weighted by atomic mass is 9.72. The number of likely N-dealkylation sites (tertiary alicyclic amines) is 2. The molecule has 4 aliphatic rings. The van der Waals surface area contributed by atoms with E-state index in [-0.39, 0.29) is 35.1 Å². The van der Waals surface area contributed by atoms with Crippen LogP contribution in [0.1, 0.15) is 55.6 Å². The monoisotopic (exact) mass is 733 g/mol. The lowest BCUT2D eigenvalue weighted by molar-refractivity contribution is -0.153. The van der Waals surface area contributed by atoms with Crippen LogP contribution in [-0.4, -0.2) is 114 Å². The fourth-order valence-corrected chi connectivity index (χ4v) is 8.39. The largest absolute Gasteiger partial charge is 0.481 e. The summed E-state index contributed by atoms with van der Waals surface area (Å²) in [6.07, 6.45) is 3.28. The summed E-state index contributed by atoms with van der Waals surface area (Å²) in [6, 6.07) is 6.10. The highest BCUT2D eigenvalue weighted by molar-refractivity contribution is 6.05. The second-order valence-corrected chi connectivity index (χ2v) is 15.2. The Balaban J connectivity index is 1.25. The summed E-state index contributed by atoms with van der Waals surface area (Å²) >= 11 is 0. The zero-order valence-corrected chi connectivity index (χ0v) is 30.3. The molecule has 2 aromatic carbocycles. The van der Waals surface area contributed by atoms with Gasteiger partial charge in [0.2, 0.25) is 5.91 Å². The van der Waals surface area contributed by atoms with Crippen molar-refractivity contribution in [3.05, 3.63) is 48.3 Å². The summed E-state index contributed by atoms with van der Waals surface area (Å²) in [7, 11) is 1.69. The minimum atomic E-state index is -4.58. The lowest BCUT2D eigenvalue weighted by Gasteiger charge is -2.54. The number of alkyl halides is 3. The van der Waals surface area contributed by atoms with E-state index in [1.165, 1.54) is 6.08 Å². The number of H-pyrrole nitrogens is 1. The van der Waals surface area contributed by atoms with Crippen molar-refractivity contribution < 1.29 is 32.2 Å². The van der Waals surface area contributed by atoms with Crippen LogP contribution in [0, 0.1) is 12.3 Å². The summed E-state index contributed by atoms with van der Waals surface area (Å²) in [6.45, 7) is 9.98. The number of methoxy groups -OCH3 is 1. The number of nitrogens with zero attached hydrogens (tertiary/aromatic N) is 6. The van der Waals surface area contributed by atoms with Gasteiger partial charge in [0.05, 0.1) is 24.0 Å². The molecule has 53 heavy (non-hydrogen) atoms. The highest BCUT2D eigenvalue weighted by Crippen LogP contribution is 2.53. The van der Waals surface area contributed by atoms with Crippen LogP contribution < -0.4 is 14.4 Å². The Morgan fingerprint density at radius 1 is 1.06 bits per heavy atom. The van der Waals surface area contributed by atoms with Gasteiger partial charge in [-0.25, -0.2) is 4.98 Å². The first-order valence-electron chi connectivity index (χ1n) is 18.6. The molecule has 4 aromatic rings. The molecule has 0 bridgehead atoms. The molecule has 282 valence electrons. The van der Waals surface area contributed by atoms with E-state index >= 15 is 0 Å². The topological polar surface area (TPSA) is 109 Å². The molecule has 5 heterocycles. The van der Waals surface area contributed by atoms with Crippen LogP contribution in [0.2, 0.25) is 0 Å². The summed E-state index contributed by atoms with van der Waals surface area (Å²) in [5.41, 5.74) is 4.90. The number of benzene rings is 2. The number of carbonyl (C=O) groups excluding carboxylic acids is 1. The number of carbonyl (C=O) groups is 1. The van der Waals surface area contributed by atoms with E-state index in [0.29, 0.717) is 60.6 Å². The maximum absolute atomic E-state index is 14.1. The number of amides is 1. The number of aromatic amines is 1. The quantitative estimate of drug-likeness (QED) is 0.175. The molecule has 1 amide bonds. The molecule has 3 aliphatic heterocycles. The van der Waals surface area contributed by atoms with Gasteiger partial charge in [-0.15, -0.1) is 0 Å². The SMILES string of the molecule is C=CC(=O)N1CC2(CCN(c3nc(OC4CCN(CCOC)CC4)nc4c(OCC(F)(F)F)c(-c5c(C)ccc6[nH]cnc56)c(C5CC5)cc34)CC2)C1. The molecule has 2 aromatic heterocycles. The molecule has 4 fully saturated rings. The van der Waals surface area contributed by atoms with Gasteiger partial charge in [0.25, 0.3) is 0 Å². The Bertz CT molecular complexity index is 2010. The third kappa shape index (κ3) is 7.15. The van der Waals surface area contributed by atoms with Crippen LogP contribution in [-0.2, 0) is 9.53 Å². The van der Waals surface area contributed by atoms with Crippen LogP contribution in [0.15, 0.2) is 37.2 Å². The molecule has 14 heteroatoms. The number of halogens is 3. The second-order valence-electron chi connectivity index (χ2n) is 15.2. The minimum Gasteiger partial charge on any atom is -0.481 e. The first-order chi connectivity index (χ1) is 25.5. The molecule has 1 N–H and O–H groups in total. The first kappa shape index (κ1) is 35.6. The van der Waals surface area contributed by atoms with E-state index in [1.54, 1.807) is 13.4 Å². The number of aryl methyl sites for hydroxylation is 1. The Morgan fingerprint density at radius 2 is 1.81 bits per heavy atom. The van der Waals surface area contributed by atoms with Gasteiger partial charge < -0.3 is 33.9 Å². The number of rotatable bonds is 11. The summed E-state index contributed by atoms with van der Waals surface area (Å²) in [5.74, 6) is 0.808. The Labute approximate surface area is 306 Å². The van der Waals surface area contributed by atoms with E-state index < -0.39 is 12.8 Å². The smallest absolute Gasteiger partial charge is 0.422 e. The number of aromatic nitrogens is 4.